The standard InChI is InChI=1S/C18H32O2/c1-3-18(16-13-17(19)20-2)14-11-9-7-5-4-6-8-10-12-15-18/h3H,1,4-16H2,2H3. The molecule has 0 bridgehead atoms. The van der Waals surface area contributed by atoms with Crippen LogP contribution in [0.1, 0.15) is 83.5 Å². The van der Waals surface area contributed by atoms with Crippen LogP contribution < -0.4 is 0 Å². The third kappa shape index (κ3) is 6.58. The van der Waals surface area contributed by atoms with E-state index in [9.17, 15) is 4.79 Å². The van der Waals surface area contributed by atoms with E-state index < -0.39 is 0 Å². The second kappa shape index (κ2) is 10.0. The summed E-state index contributed by atoms with van der Waals surface area (Å²) in [4.78, 5) is 11.4. The molecule has 116 valence electrons. The van der Waals surface area contributed by atoms with Crippen molar-refractivity contribution in [1.29, 1.82) is 0 Å². The summed E-state index contributed by atoms with van der Waals surface area (Å²) in [5.74, 6) is -0.0858. The molecule has 0 N–H and O–H groups in total. The molecule has 0 aliphatic heterocycles. The highest BCUT2D eigenvalue weighted by molar-refractivity contribution is 5.69. The summed E-state index contributed by atoms with van der Waals surface area (Å²) < 4.78 is 4.79. The quantitative estimate of drug-likeness (QED) is 0.508. The minimum Gasteiger partial charge on any atom is -0.469 e. The summed E-state index contributed by atoms with van der Waals surface area (Å²) >= 11 is 0. The van der Waals surface area contributed by atoms with Crippen LogP contribution in [0, 0.1) is 5.41 Å². The predicted molar refractivity (Wildman–Crippen MR) is 84.7 cm³/mol. The molecule has 1 aliphatic rings. The van der Waals surface area contributed by atoms with Crippen LogP contribution in [-0.2, 0) is 9.53 Å². The Kier molecular flexibility index (Phi) is 8.64. The normalized spacial score (nSPS) is 21.2. The van der Waals surface area contributed by atoms with Gasteiger partial charge in [0, 0.05) is 6.42 Å². The van der Waals surface area contributed by atoms with Crippen molar-refractivity contribution in [2.75, 3.05) is 7.11 Å². The maximum absolute atomic E-state index is 11.4. The van der Waals surface area contributed by atoms with E-state index in [0.717, 1.165) is 6.42 Å². The zero-order valence-corrected chi connectivity index (χ0v) is 13.3. The van der Waals surface area contributed by atoms with Gasteiger partial charge in [-0.15, -0.1) is 6.58 Å². The van der Waals surface area contributed by atoms with E-state index in [1.165, 1.54) is 77.7 Å². The van der Waals surface area contributed by atoms with Gasteiger partial charge in [-0.25, -0.2) is 0 Å². The number of hydrogen-bond donors (Lipinski definition) is 0. The number of ether oxygens (including phenoxy) is 1. The Hall–Kier alpha value is -0.790. The van der Waals surface area contributed by atoms with Gasteiger partial charge in [0.2, 0.25) is 0 Å². The van der Waals surface area contributed by atoms with Crippen molar-refractivity contribution in [1.82, 2.24) is 0 Å². The molecular weight excluding hydrogens is 248 g/mol. The van der Waals surface area contributed by atoms with Crippen LogP contribution in [0.4, 0.5) is 0 Å². The molecule has 2 nitrogen and oxygen atoms in total. The van der Waals surface area contributed by atoms with Crippen LogP contribution in [0.15, 0.2) is 12.7 Å². The molecule has 0 aromatic carbocycles. The third-order valence-electron chi connectivity index (χ3n) is 4.84. The van der Waals surface area contributed by atoms with Crippen LogP contribution in [0.5, 0.6) is 0 Å². The van der Waals surface area contributed by atoms with E-state index in [0.29, 0.717) is 6.42 Å². The number of carbonyl (C=O) groups excluding carboxylic acids is 1. The van der Waals surface area contributed by atoms with Crippen molar-refractivity contribution < 1.29 is 9.53 Å². The van der Waals surface area contributed by atoms with Crippen LogP contribution in [-0.4, -0.2) is 13.1 Å². The molecule has 0 aromatic rings. The molecule has 1 rings (SSSR count). The monoisotopic (exact) mass is 280 g/mol. The average Bonchev–Trinajstić information content (AvgIpc) is 2.47. The van der Waals surface area contributed by atoms with E-state index >= 15 is 0 Å². The smallest absolute Gasteiger partial charge is 0.305 e. The zero-order chi connectivity index (χ0) is 14.7. The van der Waals surface area contributed by atoms with E-state index in [2.05, 4.69) is 12.7 Å². The molecule has 0 saturated heterocycles. The van der Waals surface area contributed by atoms with Gasteiger partial charge >= 0.3 is 5.97 Å². The molecule has 20 heavy (non-hydrogen) atoms. The maximum Gasteiger partial charge on any atom is 0.305 e. The van der Waals surface area contributed by atoms with Crippen molar-refractivity contribution in [3.63, 3.8) is 0 Å². The molecule has 0 spiro atoms. The van der Waals surface area contributed by atoms with Gasteiger partial charge in [-0.1, -0.05) is 63.9 Å². The zero-order valence-electron chi connectivity index (χ0n) is 13.3. The van der Waals surface area contributed by atoms with Crippen molar-refractivity contribution in [3.05, 3.63) is 12.7 Å². The Labute approximate surface area is 125 Å². The first kappa shape index (κ1) is 17.3. The lowest BCUT2D eigenvalue weighted by molar-refractivity contribution is -0.141. The number of allylic oxidation sites excluding steroid dienone is 1. The molecule has 0 heterocycles. The summed E-state index contributed by atoms with van der Waals surface area (Å²) in [6, 6.07) is 0. The number of esters is 1. The van der Waals surface area contributed by atoms with Gasteiger partial charge in [0.1, 0.15) is 0 Å². The fraction of sp³-hybridized carbons (Fsp3) is 0.833. The first-order valence-corrected chi connectivity index (χ1v) is 8.43. The van der Waals surface area contributed by atoms with Gasteiger partial charge in [0.15, 0.2) is 0 Å². The van der Waals surface area contributed by atoms with Gasteiger partial charge in [-0.3, -0.25) is 4.79 Å². The predicted octanol–water partition coefficient (Wildman–Crippen LogP) is 5.42. The van der Waals surface area contributed by atoms with Crippen molar-refractivity contribution >= 4 is 5.97 Å². The van der Waals surface area contributed by atoms with Crippen LogP contribution in [0.3, 0.4) is 0 Å². The van der Waals surface area contributed by atoms with Gasteiger partial charge in [0.05, 0.1) is 7.11 Å². The molecule has 0 amide bonds. The highest BCUT2D eigenvalue weighted by atomic mass is 16.5. The molecular formula is C18H32O2. The second-order valence-corrected chi connectivity index (χ2v) is 6.32. The number of methoxy groups -OCH3 is 1. The van der Waals surface area contributed by atoms with Crippen molar-refractivity contribution in [2.45, 2.75) is 83.5 Å². The maximum atomic E-state index is 11.4. The Morgan fingerprint density at radius 3 is 1.85 bits per heavy atom. The molecule has 0 radical (unpaired) electrons. The van der Waals surface area contributed by atoms with Crippen LogP contribution in [0.2, 0.25) is 0 Å². The Bertz CT molecular complexity index is 271. The van der Waals surface area contributed by atoms with Gasteiger partial charge in [0.25, 0.3) is 0 Å². The topological polar surface area (TPSA) is 26.3 Å². The highest BCUT2D eigenvalue weighted by Crippen LogP contribution is 2.38. The van der Waals surface area contributed by atoms with Crippen LogP contribution >= 0.6 is 0 Å². The summed E-state index contributed by atoms with van der Waals surface area (Å²) in [6.45, 7) is 4.08. The minimum absolute atomic E-state index is 0.0858. The summed E-state index contributed by atoms with van der Waals surface area (Å²) in [5.41, 5.74) is 0.160. The fourth-order valence-electron chi connectivity index (χ4n) is 3.33. The summed E-state index contributed by atoms with van der Waals surface area (Å²) in [7, 11) is 1.48. The van der Waals surface area contributed by atoms with E-state index in [1.54, 1.807) is 0 Å². The Balaban J connectivity index is 2.55. The average molecular weight is 280 g/mol. The van der Waals surface area contributed by atoms with Gasteiger partial charge in [-0.05, 0) is 24.7 Å². The molecule has 2 heteroatoms. The lowest BCUT2D eigenvalue weighted by Gasteiger charge is -2.31. The van der Waals surface area contributed by atoms with Gasteiger partial charge in [-0.2, -0.15) is 0 Å². The van der Waals surface area contributed by atoms with Crippen molar-refractivity contribution in [2.24, 2.45) is 5.41 Å². The number of carbonyl (C=O) groups is 1. The number of hydrogen-bond acceptors (Lipinski definition) is 2. The second-order valence-electron chi connectivity index (χ2n) is 6.32. The lowest BCUT2D eigenvalue weighted by atomic mass is 9.74. The lowest BCUT2D eigenvalue weighted by Crippen LogP contribution is -2.20. The Morgan fingerprint density at radius 2 is 1.45 bits per heavy atom. The van der Waals surface area contributed by atoms with E-state index in [4.69, 9.17) is 4.74 Å². The highest BCUT2D eigenvalue weighted by Gasteiger charge is 2.26. The third-order valence-corrected chi connectivity index (χ3v) is 4.84. The summed E-state index contributed by atoms with van der Waals surface area (Å²) in [6.07, 6.45) is 18.1. The molecule has 0 atom stereocenters. The molecule has 0 unspecified atom stereocenters. The molecule has 1 fully saturated rings. The molecule has 0 aromatic heterocycles. The first-order chi connectivity index (χ1) is 9.72. The fourth-order valence-corrected chi connectivity index (χ4v) is 3.33. The largest absolute Gasteiger partial charge is 0.469 e. The SMILES string of the molecule is C=CC1(CCC(=O)OC)CCCCCCCCCCC1. The molecule has 1 saturated carbocycles. The number of rotatable bonds is 4. The first-order valence-electron chi connectivity index (χ1n) is 8.43. The van der Waals surface area contributed by atoms with E-state index in [1.807, 2.05) is 0 Å². The van der Waals surface area contributed by atoms with E-state index in [-0.39, 0.29) is 11.4 Å². The van der Waals surface area contributed by atoms with Crippen LogP contribution in [0.25, 0.3) is 0 Å². The molecule has 1 aliphatic carbocycles. The Morgan fingerprint density at radius 1 is 1.00 bits per heavy atom. The summed E-state index contributed by atoms with van der Waals surface area (Å²) in [5, 5.41) is 0. The van der Waals surface area contributed by atoms with Gasteiger partial charge < -0.3 is 4.74 Å². The minimum atomic E-state index is -0.0858. The van der Waals surface area contributed by atoms with Crippen molar-refractivity contribution in [3.8, 4) is 0 Å².